The number of benzene rings is 3. The van der Waals surface area contributed by atoms with Crippen LogP contribution in [-0.2, 0) is 0 Å². The summed E-state index contributed by atoms with van der Waals surface area (Å²) in [6.07, 6.45) is 1.51. The van der Waals surface area contributed by atoms with Crippen LogP contribution < -0.4 is 14.9 Å². The van der Waals surface area contributed by atoms with Gasteiger partial charge in [-0.2, -0.15) is 5.10 Å². The molecule has 0 aromatic heterocycles. The van der Waals surface area contributed by atoms with Crippen LogP contribution in [0, 0.1) is 6.92 Å². The lowest BCUT2D eigenvalue weighted by atomic mass is 10.0. The third-order valence-corrected chi connectivity index (χ3v) is 5.00. The number of nitrogens with zero attached hydrogens (tertiary/aromatic N) is 1. The Morgan fingerprint density at radius 1 is 1.00 bits per heavy atom. The largest absolute Gasteiger partial charge is 0.490 e. The number of carbonyl (C=O) groups is 1. The fourth-order valence-electron chi connectivity index (χ4n) is 3.11. The smallest absolute Gasteiger partial charge is 0.271 e. The van der Waals surface area contributed by atoms with E-state index in [1.807, 2.05) is 19.1 Å². The monoisotopic (exact) mass is 450 g/mol. The van der Waals surface area contributed by atoms with Crippen molar-refractivity contribution >= 4 is 23.7 Å². The zero-order chi connectivity index (χ0) is 22.9. The van der Waals surface area contributed by atoms with E-state index in [-0.39, 0.29) is 5.91 Å². The van der Waals surface area contributed by atoms with Crippen LogP contribution in [0.4, 0.5) is 0 Å². The average Bonchev–Trinajstić information content (AvgIpc) is 2.78. The van der Waals surface area contributed by atoms with Crippen molar-refractivity contribution in [3.05, 3.63) is 94.0 Å². The van der Waals surface area contributed by atoms with Gasteiger partial charge in [-0.3, -0.25) is 4.79 Å². The van der Waals surface area contributed by atoms with Crippen molar-refractivity contribution in [3.63, 3.8) is 0 Å². The molecular weight excluding hydrogens is 424 g/mol. The van der Waals surface area contributed by atoms with E-state index < -0.39 is 0 Å². The number of nitrogens with one attached hydrogen (secondary N) is 1. The summed E-state index contributed by atoms with van der Waals surface area (Å²) in [5.74, 6) is 1.56. The van der Waals surface area contributed by atoms with E-state index in [4.69, 9.17) is 21.1 Å². The van der Waals surface area contributed by atoms with Gasteiger partial charge in [0.1, 0.15) is 24.7 Å². The molecule has 3 rings (SSSR count). The number of carbonyl (C=O) groups excluding carboxylic acids is 1. The number of amides is 1. The van der Waals surface area contributed by atoms with Crippen LogP contribution in [0.15, 0.2) is 71.8 Å². The molecule has 0 aliphatic rings. The molecule has 166 valence electrons. The van der Waals surface area contributed by atoms with Crippen molar-refractivity contribution < 1.29 is 14.3 Å². The summed E-state index contributed by atoms with van der Waals surface area (Å²) in [4.78, 5) is 12.1. The lowest BCUT2D eigenvalue weighted by Crippen LogP contribution is -2.17. The van der Waals surface area contributed by atoms with Gasteiger partial charge in [-0.25, -0.2) is 5.43 Å². The Morgan fingerprint density at radius 2 is 1.72 bits per heavy atom. The van der Waals surface area contributed by atoms with Crippen LogP contribution in [0.1, 0.15) is 46.8 Å². The Labute approximate surface area is 194 Å². The molecule has 0 aliphatic heterocycles. The maximum Gasteiger partial charge on any atom is 0.271 e. The Kier molecular flexibility index (Phi) is 8.28. The van der Waals surface area contributed by atoms with Crippen molar-refractivity contribution in [3.8, 4) is 11.5 Å². The molecule has 0 unspecified atom stereocenters. The van der Waals surface area contributed by atoms with Crippen molar-refractivity contribution in [2.75, 3.05) is 13.2 Å². The fraction of sp³-hybridized carbons (Fsp3) is 0.231. The molecule has 0 radical (unpaired) electrons. The highest BCUT2D eigenvalue weighted by Gasteiger charge is 2.09. The van der Waals surface area contributed by atoms with Gasteiger partial charge in [0.05, 0.1) is 6.21 Å². The van der Waals surface area contributed by atoms with Crippen molar-refractivity contribution in [1.29, 1.82) is 0 Å². The van der Waals surface area contributed by atoms with Crippen LogP contribution in [0.3, 0.4) is 0 Å². The molecule has 5 nitrogen and oxygen atoms in total. The van der Waals surface area contributed by atoms with Gasteiger partial charge in [0, 0.05) is 16.1 Å². The molecular formula is C26H27ClN2O3. The summed E-state index contributed by atoms with van der Waals surface area (Å²) in [7, 11) is 0. The number of rotatable bonds is 9. The lowest BCUT2D eigenvalue weighted by molar-refractivity contribution is 0.0955. The summed E-state index contributed by atoms with van der Waals surface area (Å²) in [5, 5.41) is 4.59. The molecule has 6 heteroatoms. The van der Waals surface area contributed by atoms with E-state index in [0.29, 0.717) is 41.0 Å². The number of halogens is 1. The van der Waals surface area contributed by atoms with Gasteiger partial charge in [0.15, 0.2) is 0 Å². The number of hydrogen-bond acceptors (Lipinski definition) is 4. The van der Waals surface area contributed by atoms with E-state index >= 15 is 0 Å². The van der Waals surface area contributed by atoms with E-state index in [0.717, 1.165) is 11.3 Å². The van der Waals surface area contributed by atoms with E-state index in [1.165, 1.54) is 11.8 Å². The van der Waals surface area contributed by atoms with Crippen LogP contribution in [0.5, 0.6) is 11.5 Å². The Bertz CT molecular complexity index is 1080. The summed E-state index contributed by atoms with van der Waals surface area (Å²) >= 11 is 6.13. The van der Waals surface area contributed by atoms with E-state index in [9.17, 15) is 4.79 Å². The van der Waals surface area contributed by atoms with Gasteiger partial charge in [-0.15, -0.1) is 0 Å². The van der Waals surface area contributed by atoms with Crippen LogP contribution in [0.25, 0.3) is 0 Å². The van der Waals surface area contributed by atoms with Crippen LogP contribution in [0.2, 0.25) is 5.02 Å². The van der Waals surface area contributed by atoms with Crippen molar-refractivity contribution in [2.45, 2.75) is 26.7 Å². The van der Waals surface area contributed by atoms with E-state index in [2.05, 4.69) is 36.5 Å². The molecule has 32 heavy (non-hydrogen) atoms. The Hall–Kier alpha value is -3.31. The predicted molar refractivity (Wildman–Crippen MR) is 129 cm³/mol. The average molecular weight is 451 g/mol. The van der Waals surface area contributed by atoms with Crippen molar-refractivity contribution in [2.24, 2.45) is 5.10 Å². The SMILES string of the molecule is Cc1ccc(C(C)C)c(OCCOc2ccc(Cl)cc2/C=N\NC(=O)c2ccccc2)c1. The molecule has 0 saturated heterocycles. The Morgan fingerprint density at radius 3 is 2.44 bits per heavy atom. The van der Waals surface area contributed by atoms with Crippen LogP contribution >= 0.6 is 11.6 Å². The number of aryl methyl sites for hydroxylation is 1. The zero-order valence-corrected chi connectivity index (χ0v) is 19.2. The number of hydrogen-bond donors (Lipinski definition) is 1. The summed E-state index contributed by atoms with van der Waals surface area (Å²) < 4.78 is 11.9. The van der Waals surface area contributed by atoms with Gasteiger partial charge in [-0.1, -0.05) is 55.8 Å². The topological polar surface area (TPSA) is 59.9 Å². The third kappa shape index (κ3) is 6.59. The maximum atomic E-state index is 12.1. The first-order chi connectivity index (χ1) is 15.4. The molecule has 0 bridgehead atoms. The molecule has 0 saturated carbocycles. The second-order valence-electron chi connectivity index (χ2n) is 7.64. The molecule has 1 amide bonds. The highest BCUT2D eigenvalue weighted by molar-refractivity contribution is 6.30. The van der Waals surface area contributed by atoms with Gasteiger partial charge in [0.25, 0.3) is 5.91 Å². The second-order valence-corrected chi connectivity index (χ2v) is 8.08. The molecule has 0 fully saturated rings. The molecule has 1 N–H and O–H groups in total. The quantitative estimate of drug-likeness (QED) is 0.247. The minimum absolute atomic E-state index is 0.293. The van der Waals surface area contributed by atoms with Crippen molar-refractivity contribution in [1.82, 2.24) is 5.43 Å². The van der Waals surface area contributed by atoms with Crippen LogP contribution in [-0.4, -0.2) is 25.3 Å². The highest BCUT2D eigenvalue weighted by atomic mass is 35.5. The summed E-state index contributed by atoms with van der Waals surface area (Å²) in [5.41, 5.74) is 6.02. The lowest BCUT2D eigenvalue weighted by Gasteiger charge is -2.15. The standard InChI is InChI=1S/C26H27ClN2O3/c1-18(2)23-11-9-19(3)15-25(23)32-14-13-31-24-12-10-22(27)16-21(24)17-28-29-26(30)20-7-5-4-6-8-20/h4-12,15-18H,13-14H2,1-3H3,(H,29,30)/b28-17-. The summed E-state index contributed by atoms with van der Waals surface area (Å²) in [6.45, 7) is 7.08. The first-order valence-electron chi connectivity index (χ1n) is 10.5. The first kappa shape index (κ1) is 23.4. The molecule has 3 aromatic rings. The minimum atomic E-state index is -0.293. The molecule has 0 spiro atoms. The van der Waals surface area contributed by atoms with Gasteiger partial charge in [-0.05, 0) is 60.4 Å². The number of hydrazone groups is 1. The molecule has 3 aromatic carbocycles. The highest BCUT2D eigenvalue weighted by Crippen LogP contribution is 2.27. The van der Waals surface area contributed by atoms with Gasteiger partial charge >= 0.3 is 0 Å². The molecule has 0 atom stereocenters. The zero-order valence-electron chi connectivity index (χ0n) is 18.5. The predicted octanol–water partition coefficient (Wildman–Crippen LogP) is 5.99. The minimum Gasteiger partial charge on any atom is -0.490 e. The second kappa shape index (κ2) is 11.3. The normalized spacial score (nSPS) is 11.0. The molecule has 0 heterocycles. The van der Waals surface area contributed by atoms with E-state index in [1.54, 1.807) is 42.5 Å². The van der Waals surface area contributed by atoms with Gasteiger partial charge < -0.3 is 9.47 Å². The summed E-state index contributed by atoms with van der Waals surface area (Å²) in [6, 6.07) is 20.4. The number of ether oxygens (including phenoxy) is 2. The third-order valence-electron chi connectivity index (χ3n) is 4.77. The Balaban J connectivity index is 1.60. The van der Waals surface area contributed by atoms with Gasteiger partial charge in [0.2, 0.25) is 0 Å². The molecule has 0 aliphatic carbocycles. The first-order valence-corrected chi connectivity index (χ1v) is 10.9. The maximum absolute atomic E-state index is 12.1. The fourth-order valence-corrected chi connectivity index (χ4v) is 3.29.